The molecule has 6 nitrogen and oxygen atoms in total. The highest BCUT2D eigenvalue weighted by atomic mass is 35.5. The van der Waals surface area contributed by atoms with E-state index in [0.29, 0.717) is 16.4 Å². The van der Waals surface area contributed by atoms with Crippen LogP contribution in [0.1, 0.15) is 11.3 Å². The van der Waals surface area contributed by atoms with Crippen molar-refractivity contribution in [2.45, 2.75) is 13.3 Å². The Kier molecular flexibility index (Phi) is 5.18. The largest absolute Gasteiger partial charge is 0.324 e. The molecule has 1 amide bonds. The first kappa shape index (κ1) is 18.3. The third-order valence-electron chi connectivity index (χ3n) is 4.09. The molecule has 4 aromatic rings. The lowest BCUT2D eigenvalue weighted by Gasteiger charge is -2.11. The van der Waals surface area contributed by atoms with Crippen molar-refractivity contribution in [3.05, 3.63) is 76.8 Å². The SMILES string of the molecule is Cc1ccc(-c2nc(CC(=O)Nc3cc(Cl)ccc3-n3cncn3)cs2)cc1. The molecule has 2 heterocycles. The molecule has 0 saturated heterocycles. The maximum atomic E-state index is 12.6. The van der Waals surface area contributed by atoms with Gasteiger partial charge < -0.3 is 5.32 Å². The number of carbonyl (C=O) groups excluding carboxylic acids is 1. The first-order valence-corrected chi connectivity index (χ1v) is 9.80. The number of anilines is 1. The van der Waals surface area contributed by atoms with E-state index in [2.05, 4.69) is 20.4 Å². The van der Waals surface area contributed by atoms with Crippen LogP contribution in [0.5, 0.6) is 0 Å². The summed E-state index contributed by atoms with van der Waals surface area (Å²) in [5.41, 5.74) is 4.23. The van der Waals surface area contributed by atoms with E-state index >= 15 is 0 Å². The lowest BCUT2D eigenvalue weighted by molar-refractivity contribution is -0.115. The van der Waals surface area contributed by atoms with Crippen LogP contribution in [-0.4, -0.2) is 25.7 Å². The summed E-state index contributed by atoms with van der Waals surface area (Å²) in [5, 5.41) is 10.3. The predicted octanol–water partition coefficient (Wildman–Crippen LogP) is 4.53. The average molecular weight is 410 g/mol. The van der Waals surface area contributed by atoms with Gasteiger partial charge in [0.15, 0.2) is 0 Å². The second-order valence-electron chi connectivity index (χ2n) is 6.24. The van der Waals surface area contributed by atoms with Gasteiger partial charge in [0.25, 0.3) is 0 Å². The Bertz CT molecular complexity index is 1110. The van der Waals surface area contributed by atoms with E-state index in [-0.39, 0.29) is 12.3 Å². The Hall–Kier alpha value is -3.03. The summed E-state index contributed by atoms with van der Waals surface area (Å²) in [4.78, 5) is 21.1. The summed E-state index contributed by atoms with van der Waals surface area (Å²) in [6.07, 6.45) is 3.17. The van der Waals surface area contributed by atoms with Gasteiger partial charge in [-0.3, -0.25) is 4.79 Å². The molecule has 0 spiro atoms. The van der Waals surface area contributed by atoms with Gasteiger partial charge in [-0.05, 0) is 25.1 Å². The number of halogens is 1. The van der Waals surface area contributed by atoms with Gasteiger partial charge in [-0.25, -0.2) is 14.6 Å². The van der Waals surface area contributed by atoms with Crippen LogP contribution in [0.15, 0.2) is 60.5 Å². The Morgan fingerprint density at radius 3 is 2.79 bits per heavy atom. The number of nitrogens with zero attached hydrogens (tertiary/aromatic N) is 4. The van der Waals surface area contributed by atoms with Crippen molar-refractivity contribution in [1.82, 2.24) is 19.7 Å². The molecule has 0 aliphatic heterocycles. The van der Waals surface area contributed by atoms with Crippen molar-refractivity contribution >= 4 is 34.5 Å². The third-order valence-corrected chi connectivity index (χ3v) is 5.27. The van der Waals surface area contributed by atoms with Crippen LogP contribution in [0.2, 0.25) is 5.02 Å². The number of nitrogens with one attached hydrogen (secondary N) is 1. The smallest absolute Gasteiger partial charge is 0.230 e. The standard InChI is InChI=1S/C20H16ClN5OS/c1-13-2-4-14(5-3-13)20-24-16(10-28-20)9-19(27)25-17-8-15(21)6-7-18(17)26-12-22-11-23-26/h2-8,10-12H,9H2,1H3,(H,25,27). The maximum Gasteiger partial charge on any atom is 0.230 e. The highest BCUT2D eigenvalue weighted by molar-refractivity contribution is 7.13. The van der Waals surface area contributed by atoms with Crippen LogP contribution in [-0.2, 0) is 11.2 Å². The van der Waals surface area contributed by atoms with E-state index in [0.717, 1.165) is 16.3 Å². The van der Waals surface area contributed by atoms with Crippen LogP contribution in [0, 0.1) is 6.92 Å². The van der Waals surface area contributed by atoms with E-state index in [1.165, 1.54) is 23.2 Å². The highest BCUT2D eigenvalue weighted by Crippen LogP contribution is 2.26. The molecule has 0 saturated carbocycles. The van der Waals surface area contributed by atoms with Crippen molar-refractivity contribution < 1.29 is 4.79 Å². The average Bonchev–Trinajstić information content (AvgIpc) is 3.35. The number of carbonyl (C=O) groups is 1. The second kappa shape index (κ2) is 7.92. The van der Waals surface area contributed by atoms with Crippen LogP contribution in [0.25, 0.3) is 16.3 Å². The van der Waals surface area contributed by atoms with Crippen molar-refractivity contribution in [3.63, 3.8) is 0 Å². The molecule has 1 N–H and O–H groups in total. The van der Waals surface area contributed by atoms with E-state index in [1.54, 1.807) is 29.2 Å². The molecule has 0 radical (unpaired) electrons. The van der Waals surface area contributed by atoms with Gasteiger partial charge in [0.1, 0.15) is 17.7 Å². The topological polar surface area (TPSA) is 72.7 Å². The summed E-state index contributed by atoms with van der Waals surface area (Å²) in [6, 6.07) is 13.4. The van der Waals surface area contributed by atoms with E-state index < -0.39 is 0 Å². The first-order valence-electron chi connectivity index (χ1n) is 8.54. The number of benzene rings is 2. The molecule has 0 aliphatic carbocycles. The van der Waals surface area contributed by atoms with E-state index in [4.69, 9.17) is 11.6 Å². The van der Waals surface area contributed by atoms with Gasteiger partial charge in [0, 0.05) is 16.0 Å². The zero-order valence-corrected chi connectivity index (χ0v) is 16.5. The molecular weight excluding hydrogens is 394 g/mol. The lowest BCUT2D eigenvalue weighted by Crippen LogP contribution is -2.16. The van der Waals surface area contributed by atoms with Gasteiger partial charge in [0.2, 0.25) is 5.91 Å². The first-order chi connectivity index (χ1) is 13.6. The summed E-state index contributed by atoms with van der Waals surface area (Å²) >= 11 is 7.62. The van der Waals surface area contributed by atoms with Crippen molar-refractivity contribution in [2.24, 2.45) is 0 Å². The second-order valence-corrected chi connectivity index (χ2v) is 7.53. The minimum atomic E-state index is -0.176. The van der Waals surface area contributed by atoms with Gasteiger partial charge in [-0.1, -0.05) is 41.4 Å². The van der Waals surface area contributed by atoms with Crippen molar-refractivity contribution in [2.75, 3.05) is 5.32 Å². The van der Waals surface area contributed by atoms with Crippen molar-refractivity contribution in [3.8, 4) is 16.3 Å². The fourth-order valence-electron chi connectivity index (χ4n) is 2.72. The highest BCUT2D eigenvalue weighted by Gasteiger charge is 2.13. The maximum absolute atomic E-state index is 12.6. The molecule has 28 heavy (non-hydrogen) atoms. The van der Waals surface area contributed by atoms with E-state index in [9.17, 15) is 4.79 Å². The van der Waals surface area contributed by atoms with E-state index in [1.807, 2.05) is 36.6 Å². The molecule has 0 bridgehead atoms. The minimum absolute atomic E-state index is 0.172. The summed E-state index contributed by atoms with van der Waals surface area (Å²) < 4.78 is 1.57. The molecule has 4 rings (SSSR count). The summed E-state index contributed by atoms with van der Waals surface area (Å²) in [7, 11) is 0. The van der Waals surface area contributed by atoms with Gasteiger partial charge in [0.05, 0.1) is 23.5 Å². The molecule has 2 aromatic heterocycles. The summed E-state index contributed by atoms with van der Waals surface area (Å²) in [6.45, 7) is 2.05. The fourth-order valence-corrected chi connectivity index (χ4v) is 3.71. The fraction of sp³-hybridized carbons (Fsp3) is 0.100. The number of aromatic nitrogens is 4. The Morgan fingerprint density at radius 2 is 2.04 bits per heavy atom. The number of hydrogen-bond acceptors (Lipinski definition) is 5. The molecule has 0 aliphatic rings. The minimum Gasteiger partial charge on any atom is -0.324 e. The predicted molar refractivity (Wildman–Crippen MR) is 111 cm³/mol. The number of hydrogen-bond donors (Lipinski definition) is 1. The molecular formula is C20H16ClN5OS. The summed E-state index contributed by atoms with van der Waals surface area (Å²) in [5.74, 6) is -0.176. The molecule has 140 valence electrons. The van der Waals surface area contributed by atoms with Crippen LogP contribution < -0.4 is 5.32 Å². The number of rotatable bonds is 5. The van der Waals surface area contributed by atoms with Crippen LogP contribution in [0.4, 0.5) is 5.69 Å². The zero-order chi connectivity index (χ0) is 19.5. The lowest BCUT2D eigenvalue weighted by atomic mass is 10.2. The normalized spacial score (nSPS) is 10.8. The monoisotopic (exact) mass is 409 g/mol. The molecule has 0 atom stereocenters. The number of thiazole rings is 1. The Labute approximate surface area is 170 Å². The van der Waals surface area contributed by atoms with Gasteiger partial charge in [-0.15, -0.1) is 11.3 Å². The van der Waals surface area contributed by atoms with Crippen LogP contribution >= 0.6 is 22.9 Å². The molecule has 0 fully saturated rings. The number of aryl methyl sites for hydroxylation is 1. The van der Waals surface area contributed by atoms with Gasteiger partial charge in [-0.2, -0.15) is 5.10 Å². The quantitative estimate of drug-likeness (QED) is 0.525. The molecule has 0 unspecified atom stereocenters. The molecule has 2 aromatic carbocycles. The van der Waals surface area contributed by atoms with Crippen LogP contribution in [0.3, 0.4) is 0 Å². The Morgan fingerprint density at radius 1 is 1.21 bits per heavy atom. The molecule has 8 heteroatoms. The van der Waals surface area contributed by atoms with Gasteiger partial charge >= 0.3 is 0 Å². The Balaban J connectivity index is 1.50. The zero-order valence-electron chi connectivity index (χ0n) is 15.0. The number of amides is 1. The third kappa shape index (κ3) is 4.11. The van der Waals surface area contributed by atoms with Crippen molar-refractivity contribution in [1.29, 1.82) is 0 Å².